The summed E-state index contributed by atoms with van der Waals surface area (Å²) in [7, 11) is 0. The minimum absolute atomic E-state index is 0.604. The number of hydrogen-bond donors (Lipinski definition) is 1. The molecule has 5 nitrogen and oxygen atoms in total. The number of likely N-dealkylation sites (tertiary alicyclic amines) is 1. The van der Waals surface area contributed by atoms with Crippen LogP contribution in [0, 0.1) is 0 Å². The third-order valence-electron chi connectivity index (χ3n) is 3.70. The van der Waals surface area contributed by atoms with E-state index in [1.807, 2.05) is 11.8 Å². The molecule has 0 bridgehead atoms. The number of aromatic nitrogens is 2. The first-order chi connectivity index (χ1) is 8.56. The van der Waals surface area contributed by atoms with Gasteiger partial charge in [-0.05, 0) is 26.3 Å². The zero-order valence-corrected chi connectivity index (χ0v) is 10.9. The van der Waals surface area contributed by atoms with Crippen LogP contribution in [0.4, 0.5) is 0 Å². The summed E-state index contributed by atoms with van der Waals surface area (Å²) in [5.74, 6) is 0.0762. The fraction of sp³-hybridized carbons (Fsp3) is 0.615. The van der Waals surface area contributed by atoms with E-state index >= 15 is 0 Å². The van der Waals surface area contributed by atoms with Crippen LogP contribution in [0.15, 0.2) is 12.4 Å². The van der Waals surface area contributed by atoms with Crippen LogP contribution in [-0.2, 0) is 17.8 Å². The molecule has 0 radical (unpaired) electrons. The highest BCUT2D eigenvalue weighted by atomic mass is 16.4. The van der Waals surface area contributed by atoms with Crippen LogP contribution in [0.2, 0.25) is 0 Å². The Hall–Kier alpha value is -1.49. The van der Waals surface area contributed by atoms with Gasteiger partial charge in [-0.1, -0.05) is 6.92 Å². The Morgan fingerprint density at radius 2 is 2.17 bits per heavy atom. The van der Waals surface area contributed by atoms with Crippen molar-refractivity contribution in [3.8, 4) is 0 Å². The van der Waals surface area contributed by atoms with Gasteiger partial charge in [-0.2, -0.15) is 0 Å². The van der Waals surface area contributed by atoms with Gasteiger partial charge in [0.25, 0.3) is 0 Å². The molecular weight excluding hydrogens is 230 g/mol. The lowest BCUT2D eigenvalue weighted by atomic mass is 9.99. The minimum atomic E-state index is -0.747. The van der Waals surface area contributed by atoms with Crippen molar-refractivity contribution >= 4 is 5.97 Å². The molecule has 18 heavy (non-hydrogen) atoms. The van der Waals surface area contributed by atoms with Gasteiger partial charge in [-0.25, -0.2) is 9.97 Å². The van der Waals surface area contributed by atoms with E-state index in [1.165, 1.54) is 0 Å². The van der Waals surface area contributed by atoms with Crippen molar-refractivity contribution in [2.75, 3.05) is 6.54 Å². The van der Waals surface area contributed by atoms with Crippen LogP contribution in [0.1, 0.15) is 38.1 Å². The van der Waals surface area contributed by atoms with E-state index in [2.05, 4.69) is 9.97 Å². The molecule has 1 aliphatic rings. The number of rotatable bonds is 4. The Bertz CT molecular complexity index is 432. The fourth-order valence-electron chi connectivity index (χ4n) is 2.38. The lowest BCUT2D eigenvalue weighted by molar-refractivity contribution is -0.148. The van der Waals surface area contributed by atoms with Crippen molar-refractivity contribution in [2.45, 2.75) is 45.2 Å². The van der Waals surface area contributed by atoms with Crippen LogP contribution in [-0.4, -0.2) is 38.0 Å². The van der Waals surface area contributed by atoms with E-state index in [1.54, 1.807) is 19.3 Å². The average molecular weight is 249 g/mol. The van der Waals surface area contributed by atoms with E-state index in [0.717, 1.165) is 30.8 Å². The maximum atomic E-state index is 11.4. The molecule has 0 aromatic carbocycles. The summed E-state index contributed by atoms with van der Waals surface area (Å²) in [5, 5.41) is 9.33. The average Bonchev–Trinajstić information content (AvgIpc) is 2.73. The Kier molecular flexibility index (Phi) is 3.61. The van der Waals surface area contributed by atoms with Gasteiger partial charge in [0.1, 0.15) is 11.4 Å². The number of aryl methyl sites for hydroxylation is 1. The van der Waals surface area contributed by atoms with Crippen LogP contribution in [0.5, 0.6) is 0 Å². The number of hydrogen-bond acceptors (Lipinski definition) is 4. The third-order valence-corrected chi connectivity index (χ3v) is 3.70. The van der Waals surface area contributed by atoms with E-state index in [-0.39, 0.29) is 0 Å². The van der Waals surface area contributed by atoms with Crippen LogP contribution in [0.25, 0.3) is 0 Å². The van der Waals surface area contributed by atoms with Gasteiger partial charge >= 0.3 is 5.97 Å². The maximum absolute atomic E-state index is 11.4. The molecule has 0 spiro atoms. The molecule has 0 unspecified atom stereocenters. The zero-order chi connectivity index (χ0) is 13.2. The monoisotopic (exact) mass is 249 g/mol. The van der Waals surface area contributed by atoms with Crippen LogP contribution >= 0.6 is 0 Å². The Morgan fingerprint density at radius 3 is 2.72 bits per heavy atom. The molecule has 1 aromatic heterocycles. The van der Waals surface area contributed by atoms with Gasteiger partial charge in [0, 0.05) is 30.9 Å². The molecule has 2 heterocycles. The Labute approximate surface area is 107 Å². The van der Waals surface area contributed by atoms with Crippen molar-refractivity contribution in [1.82, 2.24) is 14.9 Å². The molecule has 0 amide bonds. The lowest BCUT2D eigenvalue weighted by Crippen LogP contribution is -2.47. The van der Waals surface area contributed by atoms with E-state index in [0.29, 0.717) is 13.0 Å². The zero-order valence-electron chi connectivity index (χ0n) is 10.9. The van der Waals surface area contributed by atoms with Crippen molar-refractivity contribution < 1.29 is 9.90 Å². The van der Waals surface area contributed by atoms with Gasteiger partial charge in [0.05, 0.1) is 0 Å². The standard InChI is InChI=1S/C13H19N3O2/c1-3-11-14-7-10(8-15-11)9-16-6-4-5-13(16,2)12(17)18/h7-8H,3-6,9H2,1-2H3,(H,17,18)/t13-/m0/s1. The maximum Gasteiger partial charge on any atom is 0.323 e. The summed E-state index contributed by atoms with van der Waals surface area (Å²) in [6.45, 7) is 5.23. The largest absolute Gasteiger partial charge is 0.480 e. The molecule has 2 rings (SSSR count). The quantitative estimate of drug-likeness (QED) is 0.875. The second-order valence-electron chi connectivity index (χ2n) is 4.97. The number of aliphatic carboxylic acids is 1. The number of carboxylic acids is 1. The lowest BCUT2D eigenvalue weighted by Gasteiger charge is -2.30. The normalized spacial score (nSPS) is 24.3. The van der Waals surface area contributed by atoms with Gasteiger partial charge in [-0.15, -0.1) is 0 Å². The molecule has 1 saturated heterocycles. The highest BCUT2D eigenvalue weighted by molar-refractivity contribution is 5.78. The molecule has 98 valence electrons. The molecule has 1 N–H and O–H groups in total. The summed E-state index contributed by atoms with van der Waals surface area (Å²) in [5.41, 5.74) is 0.227. The topological polar surface area (TPSA) is 66.3 Å². The Balaban J connectivity index is 2.10. The number of carboxylic acid groups (broad SMARTS) is 1. The molecule has 5 heteroatoms. The summed E-state index contributed by atoms with van der Waals surface area (Å²) in [6, 6.07) is 0. The summed E-state index contributed by atoms with van der Waals surface area (Å²) in [6.07, 6.45) is 6.04. The predicted octanol–water partition coefficient (Wildman–Crippen LogP) is 1.48. The molecular formula is C13H19N3O2. The first-order valence-corrected chi connectivity index (χ1v) is 6.34. The number of nitrogens with zero attached hydrogens (tertiary/aromatic N) is 3. The highest BCUT2D eigenvalue weighted by Gasteiger charge is 2.43. The van der Waals surface area contributed by atoms with Crippen LogP contribution < -0.4 is 0 Å². The van der Waals surface area contributed by atoms with Crippen LogP contribution in [0.3, 0.4) is 0 Å². The second-order valence-corrected chi connectivity index (χ2v) is 4.97. The van der Waals surface area contributed by atoms with Gasteiger partial charge in [-0.3, -0.25) is 9.69 Å². The van der Waals surface area contributed by atoms with E-state index in [4.69, 9.17) is 0 Å². The molecule has 1 fully saturated rings. The minimum Gasteiger partial charge on any atom is -0.480 e. The highest BCUT2D eigenvalue weighted by Crippen LogP contribution is 2.30. The summed E-state index contributed by atoms with van der Waals surface area (Å²) >= 11 is 0. The number of carbonyl (C=O) groups is 1. The fourth-order valence-corrected chi connectivity index (χ4v) is 2.38. The van der Waals surface area contributed by atoms with Crippen molar-refractivity contribution in [2.24, 2.45) is 0 Å². The SMILES string of the molecule is CCc1ncc(CN2CCC[C@@]2(C)C(=O)O)cn1. The second kappa shape index (κ2) is 5.02. The van der Waals surface area contributed by atoms with Crippen molar-refractivity contribution in [3.05, 3.63) is 23.8 Å². The molecule has 0 aliphatic carbocycles. The van der Waals surface area contributed by atoms with Crippen molar-refractivity contribution in [3.63, 3.8) is 0 Å². The Morgan fingerprint density at radius 1 is 1.50 bits per heavy atom. The molecule has 1 atom stereocenters. The third kappa shape index (κ3) is 2.36. The van der Waals surface area contributed by atoms with E-state index in [9.17, 15) is 9.90 Å². The first kappa shape index (κ1) is 13.0. The molecule has 0 saturated carbocycles. The van der Waals surface area contributed by atoms with Gasteiger partial charge in [0.2, 0.25) is 0 Å². The van der Waals surface area contributed by atoms with E-state index < -0.39 is 11.5 Å². The smallest absolute Gasteiger partial charge is 0.323 e. The van der Waals surface area contributed by atoms with Gasteiger partial charge in [0.15, 0.2) is 0 Å². The summed E-state index contributed by atoms with van der Waals surface area (Å²) < 4.78 is 0. The molecule has 1 aliphatic heterocycles. The van der Waals surface area contributed by atoms with Crippen molar-refractivity contribution in [1.29, 1.82) is 0 Å². The predicted molar refractivity (Wildman–Crippen MR) is 67.1 cm³/mol. The molecule has 1 aromatic rings. The first-order valence-electron chi connectivity index (χ1n) is 6.34. The van der Waals surface area contributed by atoms with Gasteiger partial charge < -0.3 is 5.11 Å². The summed E-state index contributed by atoms with van der Waals surface area (Å²) in [4.78, 5) is 21.8.